The highest BCUT2D eigenvalue weighted by atomic mass is 19.1. The zero-order chi connectivity index (χ0) is 19.3. The van der Waals surface area contributed by atoms with E-state index in [1.807, 2.05) is 37.9 Å². The van der Waals surface area contributed by atoms with Crippen molar-refractivity contribution < 1.29 is 9.18 Å². The number of carbonyl (C=O) groups excluding carboxylic acids is 1. The first-order valence-corrected chi connectivity index (χ1v) is 8.71. The summed E-state index contributed by atoms with van der Waals surface area (Å²) in [5.41, 5.74) is 4.49. The molecular weight excluding hydrogens is 329 g/mol. The molecule has 0 heterocycles. The van der Waals surface area contributed by atoms with Crippen LogP contribution in [-0.2, 0) is 0 Å². The zero-order valence-electron chi connectivity index (χ0n) is 16.1. The first-order valence-electron chi connectivity index (χ1n) is 8.71. The Labute approximate surface area is 154 Å². The molecular formula is C21H26FN3O. The number of rotatable bonds is 7. The van der Waals surface area contributed by atoms with E-state index in [4.69, 9.17) is 0 Å². The van der Waals surface area contributed by atoms with E-state index in [0.29, 0.717) is 16.8 Å². The number of benzene rings is 2. The van der Waals surface area contributed by atoms with Crippen LogP contribution in [-0.4, -0.2) is 37.2 Å². The lowest BCUT2D eigenvalue weighted by Crippen LogP contribution is -2.16. The molecule has 0 aliphatic heterocycles. The third-order valence-electron chi connectivity index (χ3n) is 4.44. The van der Waals surface area contributed by atoms with Crippen LogP contribution in [0.15, 0.2) is 35.3 Å². The van der Waals surface area contributed by atoms with E-state index in [1.165, 1.54) is 6.07 Å². The summed E-state index contributed by atoms with van der Waals surface area (Å²) < 4.78 is 13.6. The predicted molar refractivity (Wildman–Crippen MR) is 106 cm³/mol. The second-order valence-electron chi connectivity index (χ2n) is 6.46. The van der Waals surface area contributed by atoms with Crippen LogP contribution >= 0.6 is 0 Å². The number of hydrogen-bond donors (Lipinski definition) is 1. The summed E-state index contributed by atoms with van der Waals surface area (Å²) in [7, 11) is 1.96. The van der Waals surface area contributed by atoms with Crippen molar-refractivity contribution in [2.24, 2.45) is 4.99 Å². The highest BCUT2D eigenvalue weighted by molar-refractivity contribution is 6.00. The van der Waals surface area contributed by atoms with E-state index >= 15 is 0 Å². The molecule has 26 heavy (non-hydrogen) atoms. The monoisotopic (exact) mass is 355 g/mol. The zero-order valence-corrected chi connectivity index (χ0v) is 16.1. The number of carbonyl (C=O) groups is 1. The number of nitrogens with one attached hydrogen (secondary N) is 1. The van der Waals surface area contributed by atoms with E-state index in [-0.39, 0.29) is 18.1 Å². The third kappa shape index (κ3) is 4.69. The number of anilines is 1. The van der Waals surface area contributed by atoms with Gasteiger partial charge in [-0.05, 0) is 63.1 Å². The molecule has 2 rings (SSSR count). The molecule has 0 aliphatic carbocycles. The molecule has 4 nitrogen and oxygen atoms in total. The maximum Gasteiger partial charge on any atom is 0.182 e. The predicted octanol–water partition coefficient (Wildman–Crippen LogP) is 4.66. The van der Waals surface area contributed by atoms with Crippen molar-refractivity contribution in [2.75, 3.05) is 25.5 Å². The smallest absolute Gasteiger partial charge is 0.182 e. The van der Waals surface area contributed by atoms with Crippen LogP contribution in [0, 0.1) is 26.6 Å². The molecule has 0 saturated heterocycles. The van der Waals surface area contributed by atoms with E-state index < -0.39 is 0 Å². The number of halogens is 1. The summed E-state index contributed by atoms with van der Waals surface area (Å²) in [5, 5.41) is 3.04. The van der Waals surface area contributed by atoms with Crippen LogP contribution in [0.3, 0.4) is 0 Å². The van der Waals surface area contributed by atoms with Crippen LogP contribution in [0.5, 0.6) is 0 Å². The number of hydrogen-bond acceptors (Lipinski definition) is 3. The van der Waals surface area contributed by atoms with Crippen LogP contribution in [0.2, 0.25) is 0 Å². The topological polar surface area (TPSA) is 44.7 Å². The molecule has 0 spiro atoms. The highest BCUT2D eigenvalue weighted by Crippen LogP contribution is 2.24. The fourth-order valence-electron chi connectivity index (χ4n) is 2.55. The standard InChI is InChI=1S/C21H26FN3O/c1-6-25(5)13-24-20-11-14(2)17(10-15(20)3)21(26)12-23-19-9-7-8-18(22)16(19)4/h7-11,13,23H,6,12H2,1-5H3. The molecule has 0 atom stereocenters. The van der Waals surface area contributed by atoms with Crippen LogP contribution in [0.25, 0.3) is 0 Å². The van der Waals surface area contributed by atoms with Gasteiger partial charge in [-0.15, -0.1) is 0 Å². The minimum Gasteiger partial charge on any atom is -0.377 e. The van der Waals surface area contributed by atoms with Gasteiger partial charge in [0, 0.05) is 30.4 Å². The van der Waals surface area contributed by atoms with Gasteiger partial charge in [0.05, 0.1) is 18.6 Å². The van der Waals surface area contributed by atoms with Crippen LogP contribution < -0.4 is 5.32 Å². The van der Waals surface area contributed by atoms with Gasteiger partial charge in [-0.2, -0.15) is 0 Å². The van der Waals surface area contributed by atoms with Gasteiger partial charge in [-0.3, -0.25) is 4.79 Å². The van der Waals surface area contributed by atoms with Crippen molar-refractivity contribution in [3.05, 3.63) is 58.4 Å². The van der Waals surface area contributed by atoms with Crippen molar-refractivity contribution in [1.29, 1.82) is 0 Å². The molecule has 0 aliphatic rings. The Morgan fingerprint density at radius 2 is 1.96 bits per heavy atom. The molecule has 0 amide bonds. The lowest BCUT2D eigenvalue weighted by molar-refractivity contribution is 0.101. The highest BCUT2D eigenvalue weighted by Gasteiger charge is 2.12. The fraction of sp³-hybridized carbons (Fsp3) is 0.333. The minimum absolute atomic E-state index is 0.0320. The van der Waals surface area contributed by atoms with E-state index in [2.05, 4.69) is 17.2 Å². The van der Waals surface area contributed by atoms with Crippen molar-refractivity contribution in [3.63, 3.8) is 0 Å². The maximum absolute atomic E-state index is 13.6. The lowest BCUT2D eigenvalue weighted by Gasteiger charge is -2.13. The molecule has 0 fully saturated rings. The molecule has 2 aromatic carbocycles. The first-order chi connectivity index (χ1) is 12.3. The Hall–Kier alpha value is -2.69. The molecule has 2 aromatic rings. The Morgan fingerprint density at radius 1 is 1.23 bits per heavy atom. The number of nitrogens with zero attached hydrogens (tertiary/aromatic N) is 2. The molecule has 0 bridgehead atoms. The van der Waals surface area contributed by atoms with Gasteiger partial charge in [-0.25, -0.2) is 9.38 Å². The second kappa shape index (κ2) is 8.61. The Balaban J connectivity index is 2.15. The third-order valence-corrected chi connectivity index (χ3v) is 4.44. The van der Waals surface area contributed by atoms with Gasteiger partial charge >= 0.3 is 0 Å². The second-order valence-corrected chi connectivity index (χ2v) is 6.46. The van der Waals surface area contributed by atoms with Gasteiger partial charge in [0.2, 0.25) is 0 Å². The largest absolute Gasteiger partial charge is 0.377 e. The minimum atomic E-state index is -0.284. The van der Waals surface area contributed by atoms with E-state index in [9.17, 15) is 9.18 Å². The number of ketones is 1. The average molecular weight is 355 g/mol. The number of aryl methyl sites for hydroxylation is 2. The summed E-state index contributed by atoms with van der Waals surface area (Å²) >= 11 is 0. The quantitative estimate of drug-likeness (QED) is 0.446. The summed E-state index contributed by atoms with van der Waals surface area (Å²) in [6.45, 7) is 8.59. The lowest BCUT2D eigenvalue weighted by atomic mass is 10.00. The molecule has 138 valence electrons. The Kier molecular flexibility index (Phi) is 6.50. The molecule has 0 saturated carbocycles. The number of aliphatic imine (C=N–C) groups is 1. The van der Waals surface area contributed by atoms with E-state index in [1.54, 1.807) is 25.4 Å². The van der Waals surface area contributed by atoms with Gasteiger partial charge in [-0.1, -0.05) is 6.07 Å². The van der Waals surface area contributed by atoms with Gasteiger partial charge in [0.25, 0.3) is 0 Å². The Morgan fingerprint density at radius 3 is 2.65 bits per heavy atom. The summed E-state index contributed by atoms with van der Waals surface area (Å²) in [4.78, 5) is 19.1. The van der Waals surface area contributed by atoms with Crippen molar-refractivity contribution >= 4 is 23.5 Å². The van der Waals surface area contributed by atoms with Crippen molar-refractivity contribution in [2.45, 2.75) is 27.7 Å². The maximum atomic E-state index is 13.6. The molecule has 0 unspecified atom stereocenters. The number of Topliss-reactive ketones (excluding diaryl/α,β-unsaturated/α-hetero) is 1. The molecule has 5 heteroatoms. The van der Waals surface area contributed by atoms with E-state index in [0.717, 1.165) is 23.4 Å². The van der Waals surface area contributed by atoms with Gasteiger partial charge < -0.3 is 10.2 Å². The molecule has 1 N–H and O–H groups in total. The summed E-state index contributed by atoms with van der Waals surface area (Å²) in [6, 6.07) is 8.61. The fourth-order valence-corrected chi connectivity index (χ4v) is 2.55. The van der Waals surface area contributed by atoms with Gasteiger partial charge in [0.15, 0.2) is 5.78 Å². The van der Waals surface area contributed by atoms with Crippen molar-refractivity contribution in [3.8, 4) is 0 Å². The normalized spacial score (nSPS) is 11.0. The summed E-state index contributed by atoms with van der Waals surface area (Å²) in [5.74, 6) is -0.316. The first kappa shape index (κ1) is 19.6. The van der Waals surface area contributed by atoms with Crippen LogP contribution in [0.4, 0.5) is 15.8 Å². The molecule has 0 aromatic heterocycles. The SMILES string of the molecule is CCN(C)C=Nc1cc(C)c(C(=O)CNc2cccc(F)c2C)cc1C. The molecule has 0 radical (unpaired) electrons. The van der Waals surface area contributed by atoms with Gasteiger partial charge in [0.1, 0.15) is 5.82 Å². The Bertz CT molecular complexity index is 830. The average Bonchev–Trinajstić information content (AvgIpc) is 2.62. The van der Waals surface area contributed by atoms with Crippen molar-refractivity contribution in [1.82, 2.24) is 4.90 Å². The van der Waals surface area contributed by atoms with Crippen LogP contribution in [0.1, 0.15) is 34.0 Å². The summed E-state index contributed by atoms with van der Waals surface area (Å²) in [6.07, 6.45) is 1.79.